The number of rotatable bonds is 11. The van der Waals surface area contributed by atoms with Crippen molar-refractivity contribution in [3.63, 3.8) is 0 Å². The monoisotopic (exact) mass is 477 g/mol. The van der Waals surface area contributed by atoms with Crippen LogP contribution in [0.25, 0.3) is 0 Å². The standard InChI is InChI=1S/C26H27N3O6/c1-4-34-21-13-11-19(15-24(21)33-3)26(31)29-27-16-18-10-12-22(23(14-18)32-2)35-17-25(30)28-20-8-6-5-7-9-20/h5-16H,4,17H2,1-3H3,(H,28,30)(H,29,31)/b27-16+. The van der Waals surface area contributed by atoms with E-state index in [1.54, 1.807) is 48.5 Å². The third-order valence-corrected chi connectivity index (χ3v) is 4.71. The van der Waals surface area contributed by atoms with Crippen LogP contribution in [0.5, 0.6) is 23.0 Å². The van der Waals surface area contributed by atoms with E-state index in [-0.39, 0.29) is 12.5 Å². The maximum atomic E-state index is 12.4. The average molecular weight is 478 g/mol. The summed E-state index contributed by atoms with van der Waals surface area (Å²) in [6.45, 7) is 2.17. The number of ether oxygens (including phenoxy) is 4. The summed E-state index contributed by atoms with van der Waals surface area (Å²) in [5, 5.41) is 6.75. The molecule has 0 atom stereocenters. The molecule has 182 valence electrons. The van der Waals surface area contributed by atoms with Gasteiger partial charge in [-0.05, 0) is 61.0 Å². The molecule has 0 aliphatic rings. The van der Waals surface area contributed by atoms with Gasteiger partial charge in [0.2, 0.25) is 0 Å². The molecule has 2 N–H and O–H groups in total. The lowest BCUT2D eigenvalue weighted by Gasteiger charge is -2.11. The zero-order valence-corrected chi connectivity index (χ0v) is 19.7. The van der Waals surface area contributed by atoms with Crippen molar-refractivity contribution < 1.29 is 28.5 Å². The summed E-state index contributed by atoms with van der Waals surface area (Å²) in [6.07, 6.45) is 1.47. The smallest absolute Gasteiger partial charge is 0.271 e. The summed E-state index contributed by atoms with van der Waals surface area (Å²) in [6, 6.07) is 19.1. The van der Waals surface area contributed by atoms with Gasteiger partial charge in [0.1, 0.15) is 0 Å². The van der Waals surface area contributed by atoms with Gasteiger partial charge in [0.05, 0.1) is 27.0 Å². The lowest BCUT2D eigenvalue weighted by Crippen LogP contribution is -2.20. The van der Waals surface area contributed by atoms with Crippen LogP contribution in [-0.2, 0) is 4.79 Å². The molecular weight excluding hydrogens is 450 g/mol. The molecule has 2 amide bonds. The Bertz CT molecular complexity index is 1180. The molecule has 0 saturated carbocycles. The molecule has 35 heavy (non-hydrogen) atoms. The normalized spacial score (nSPS) is 10.5. The van der Waals surface area contributed by atoms with E-state index in [0.29, 0.717) is 46.4 Å². The molecule has 3 aromatic rings. The number of carbonyl (C=O) groups is 2. The zero-order valence-electron chi connectivity index (χ0n) is 19.7. The Kier molecular flexibility index (Phi) is 9.07. The van der Waals surface area contributed by atoms with Crippen molar-refractivity contribution in [2.45, 2.75) is 6.92 Å². The Morgan fingerprint density at radius 2 is 1.54 bits per heavy atom. The molecule has 0 heterocycles. The van der Waals surface area contributed by atoms with E-state index in [1.807, 2.05) is 25.1 Å². The minimum atomic E-state index is -0.404. The quantitative estimate of drug-likeness (QED) is 0.321. The van der Waals surface area contributed by atoms with Gasteiger partial charge in [0.15, 0.2) is 29.6 Å². The summed E-state index contributed by atoms with van der Waals surface area (Å²) in [5.41, 5.74) is 4.19. The van der Waals surface area contributed by atoms with Crippen molar-refractivity contribution in [3.05, 3.63) is 77.9 Å². The van der Waals surface area contributed by atoms with E-state index >= 15 is 0 Å². The van der Waals surface area contributed by atoms with Gasteiger partial charge in [-0.3, -0.25) is 9.59 Å². The van der Waals surface area contributed by atoms with Crippen molar-refractivity contribution >= 4 is 23.7 Å². The molecule has 0 unspecified atom stereocenters. The van der Waals surface area contributed by atoms with Crippen molar-refractivity contribution in [3.8, 4) is 23.0 Å². The summed E-state index contributed by atoms with van der Waals surface area (Å²) >= 11 is 0. The number of benzene rings is 3. The number of nitrogens with one attached hydrogen (secondary N) is 2. The van der Waals surface area contributed by atoms with Gasteiger partial charge in [-0.1, -0.05) is 18.2 Å². The Morgan fingerprint density at radius 3 is 2.26 bits per heavy atom. The molecule has 0 spiro atoms. The predicted octanol–water partition coefficient (Wildman–Crippen LogP) is 3.88. The SMILES string of the molecule is CCOc1ccc(C(=O)N/N=C/c2ccc(OCC(=O)Nc3ccccc3)c(OC)c2)cc1OC. The van der Waals surface area contributed by atoms with Crippen LogP contribution in [0.1, 0.15) is 22.8 Å². The second kappa shape index (κ2) is 12.6. The number of hydrogen-bond donors (Lipinski definition) is 2. The molecule has 0 aliphatic carbocycles. The van der Waals surface area contributed by atoms with Crippen LogP contribution in [0.3, 0.4) is 0 Å². The topological polar surface area (TPSA) is 107 Å². The Hall–Kier alpha value is -4.53. The van der Waals surface area contributed by atoms with E-state index < -0.39 is 5.91 Å². The van der Waals surface area contributed by atoms with Crippen LogP contribution in [0.2, 0.25) is 0 Å². The van der Waals surface area contributed by atoms with E-state index in [9.17, 15) is 9.59 Å². The summed E-state index contributed by atoms with van der Waals surface area (Å²) < 4.78 is 21.7. The number of methoxy groups -OCH3 is 2. The van der Waals surface area contributed by atoms with Crippen LogP contribution >= 0.6 is 0 Å². The third-order valence-electron chi connectivity index (χ3n) is 4.71. The highest BCUT2D eigenvalue weighted by molar-refractivity contribution is 5.95. The Balaban J connectivity index is 1.58. The summed E-state index contributed by atoms with van der Waals surface area (Å²) in [4.78, 5) is 24.5. The van der Waals surface area contributed by atoms with Crippen LogP contribution in [0.15, 0.2) is 71.8 Å². The molecule has 0 aliphatic heterocycles. The summed E-state index contributed by atoms with van der Waals surface area (Å²) in [5.74, 6) is 1.14. The lowest BCUT2D eigenvalue weighted by atomic mass is 10.2. The lowest BCUT2D eigenvalue weighted by molar-refractivity contribution is -0.118. The van der Waals surface area contributed by atoms with Crippen LogP contribution in [0, 0.1) is 0 Å². The van der Waals surface area contributed by atoms with Gasteiger partial charge in [0, 0.05) is 11.3 Å². The second-order valence-electron chi connectivity index (χ2n) is 7.11. The molecule has 3 aromatic carbocycles. The van der Waals surface area contributed by atoms with Gasteiger partial charge < -0.3 is 24.3 Å². The first-order valence-electron chi connectivity index (χ1n) is 10.8. The molecule has 0 saturated heterocycles. The number of hydrogen-bond acceptors (Lipinski definition) is 7. The summed E-state index contributed by atoms with van der Waals surface area (Å²) in [7, 11) is 3.00. The van der Waals surface area contributed by atoms with Gasteiger partial charge in [-0.2, -0.15) is 5.10 Å². The first-order valence-corrected chi connectivity index (χ1v) is 10.8. The molecule has 3 rings (SSSR count). The maximum absolute atomic E-state index is 12.4. The predicted molar refractivity (Wildman–Crippen MR) is 133 cm³/mol. The third kappa shape index (κ3) is 7.23. The van der Waals surface area contributed by atoms with E-state index in [2.05, 4.69) is 15.8 Å². The maximum Gasteiger partial charge on any atom is 0.271 e. The fraction of sp³-hybridized carbons (Fsp3) is 0.192. The fourth-order valence-corrected chi connectivity index (χ4v) is 3.06. The second-order valence-corrected chi connectivity index (χ2v) is 7.11. The van der Waals surface area contributed by atoms with Crippen molar-refractivity contribution in [1.29, 1.82) is 0 Å². The highest BCUT2D eigenvalue weighted by Crippen LogP contribution is 2.29. The van der Waals surface area contributed by atoms with E-state index in [4.69, 9.17) is 18.9 Å². The van der Waals surface area contributed by atoms with Crippen molar-refractivity contribution in [1.82, 2.24) is 5.43 Å². The molecule has 0 bridgehead atoms. The number of para-hydroxylation sites is 1. The number of hydrazone groups is 1. The first kappa shape index (κ1) is 25.1. The molecule has 0 fully saturated rings. The molecule has 0 aromatic heterocycles. The van der Waals surface area contributed by atoms with Crippen molar-refractivity contribution in [2.75, 3.05) is 32.8 Å². The molecule has 9 nitrogen and oxygen atoms in total. The minimum Gasteiger partial charge on any atom is -0.493 e. The van der Waals surface area contributed by atoms with Crippen LogP contribution in [0.4, 0.5) is 5.69 Å². The number of carbonyl (C=O) groups excluding carboxylic acids is 2. The first-order chi connectivity index (χ1) is 17.0. The van der Waals surface area contributed by atoms with Crippen LogP contribution < -0.4 is 29.7 Å². The van der Waals surface area contributed by atoms with Gasteiger partial charge in [-0.25, -0.2) is 5.43 Å². The van der Waals surface area contributed by atoms with Crippen LogP contribution in [-0.4, -0.2) is 45.5 Å². The number of nitrogens with zero attached hydrogens (tertiary/aromatic N) is 1. The Labute approximate surface area is 203 Å². The zero-order chi connectivity index (χ0) is 25.0. The van der Waals surface area contributed by atoms with Gasteiger partial charge >= 0.3 is 0 Å². The molecule has 0 radical (unpaired) electrons. The molecular formula is C26H27N3O6. The highest BCUT2D eigenvalue weighted by Gasteiger charge is 2.11. The number of amides is 2. The largest absolute Gasteiger partial charge is 0.493 e. The number of anilines is 1. The minimum absolute atomic E-state index is 0.180. The highest BCUT2D eigenvalue weighted by atomic mass is 16.5. The molecule has 9 heteroatoms. The fourth-order valence-electron chi connectivity index (χ4n) is 3.06. The van der Waals surface area contributed by atoms with E-state index in [0.717, 1.165) is 0 Å². The van der Waals surface area contributed by atoms with E-state index in [1.165, 1.54) is 20.4 Å². The van der Waals surface area contributed by atoms with Gasteiger partial charge in [-0.15, -0.1) is 0 Å². The van der Waals surface area contributed by atoms with Crippen molar-refractivity contribution in [2.24, 2.45) is 5.10 Å². The average Bonchev–Trinajstić information content (AvgIpc) is 2.88. The Morgan fingerprint density at radius 1 is 0.857 bits per heavy atom. The van der Waals surface area contributed by atoms with Gasteiger partial charge in [0.25, 0.3) is 11.8 Å².